The van der Waals surface area contributed by atoms with E-state index in [1.807, 2.05) is 0 Å². The van der Waals surface area contributed by atoms with E-state index in [0.717, 1.165) is 61.1 Å². The van der Waals surface area contributed by atoms with Gasteiger partial charge in [-0.15, -0.1) is 0 Å². The molecule has 3 rings (SSSR count). The van der Waals surface area contributed by atoms with Crippen molar-refractivity contribution in [3.05, 3.63) is 0 Å². The maximum Gasteiger partial charge on any atom is 0.305 e. The SMILES string of the molecule is CC(=O)N[C@H]1CSSC[C@@H](C(N)=O)NC(=O)[C@@H]2CCCN2C(=O)[C@H](CO[C@@H]2O[C@H](COC(C)=O)[C@@H](OC(C)=O)[C@H](OC(C)=O)[C@H]2OC(C)=O)NC(=O)[C@H](CC(=O)O)NC(=O)CNC(=O)[C@H](CCCN=C(N)N)NC(=O)CNC1=O. The van der Waals surface area contributed by atoms with Crippen molar-refractivity contribution in [2.75, 3.05) is 50.9 Å². The highest BCUT2D eigenvalue weighted by Crippen LogP contribution is 2.31. The summed E-state index contributed by atoms with van der Waals surface area (Å²) in [5.74, 6) is -15.0. The fraction of sp³-hybridized carbons (Fsp3) is 0.659. The molecule has 3 saturated heterocycles. The van der Waals surface area contributed by atoms with E-state index in [4.69, 9.17) is 45.6 Å². The minimum atomic E-state index is -2.04. The van der Waals surface area contributed by atoms with Crippen molar-refractivity contribution >= 4 is 111 Å². The van der Waals surface area contributed by atoms with Gasteiger partial charge in [-0.05, 0) is 25.7 Å². The van der Waals surface area contributed by atoms with Gasteiger partial charge in [0.05, 0.1) is 26.1 Å². The maximum absolute atomic E-state index is 14.8. The van der Waals surface area contributed by atoms with E-state index in [1.54, 1.807) is 0 Å². The molecular formula is C44H66N12O21S2. The van der Waals surface area contributed by atoms with Gasteiger partial charge in [-0.3, -0.25) is 72.1 Å². The van der Waals surface area contributed by atoms with Crippen LogP contribution in [0.4, 0.5) is 0 Å². The average molecular weight is 1160 g/mol. The third-order valence-corrected chi connectivity index (χ3v) is 13.6. The number of primary amides is 1. The molecule has 0 aromatic carbocycles. The molecule has 14 N–H and O–H groups in total. The van der Waals surface area contributed by atoms with Crippen LogP contribution in [0, 0.1) is 0 Å². The number of carbonyl (C=O) groups is 14. The molecule has 9 amide bonds. The number of guanidine groups is 1. The number of carboxylic acids is 1. The molecule has 440 valence electrons. The van der Waals surface area contributed by atoms with Gasteiger partial charge in [0.2, 0.25) is 53.2 Å². The summed E-state index contributed by atoms with van der Waals surface area (Å²) >= 11 is 0. The first-order valence-electron chi connectivity index (χ1n) is 24.2. The third kappa shape index (κ3) is 22.8. The van der Waals surface area contributed by atoms with E-state index in [9.17, 15) is 72.2 Å². The van der Waals surface area contributed by atoms with E-state index < -0.39 is 183 Å². The van der Waals surface area contributed by atoms with Crippen LogP contribution in [0.2, 0.25) is 0 Å². The van der Waals surface area contributed by atoms with Crippen molar-refractivity contribution in [1.29, 1.82) is 0 Å². The number of rotatable bonds is 16. The fourth-order valence-corrected chi connectivity index (χ4v) is 10.2. The molecule has 0 aromatic rings. The topological polar surface area (TPSA) is 492 Å². The Hall–Kier alpha value is -7.53. The Balaban J connectivity index is 2.13. The minimum Gasteiger partial charge on any atom is -0.481 e. The summed E-state index contributed by atoms with van der Waals surface area (Å²) in [5, 5.41) is 26.3. The molecule has 3 fully saturated rings. The van der Waals surface area contributed by atoms with Crippen LogP contribution in [-0.2, 0) is 95.5 Å². The van der Waals surface area contributed by atoms with Gasteiger partial charge in [0, 0.05) is 59.2 Å². The highest BCUT2D eigenvalue weighted by molar-refractivity contribution is 8.76. The Morgan fingerprint density at radius 2 is 1.30 bits per heavy atom. The van der Waals surface area contributed by atoms with Gasteiger partial charge >= 0.3 is 29.8 Å². The van der Waals surface area contributed by atoms with Gasteiger partial charge < -0.3 is 92.8 Å². The van der Waals surface area contributed by atoms with Crippen molar-refractivity contribution in [2.45, 2.75) is 134 Å². The molecule has 33 nitrogen and oxygen atoms in total. The Bertz CT molecular complexity index is 2330. The lowest BCUT2D eigenvalue weighted by molar-refractivity contribution is -0.308. The van der Waals surface area contributed by atoms with Gasteiger partial charge in [0.15, 0.2) is 30.6 Å². The second-order valence-electron chi connectivity index (χ2n) is 17.7. The molecule has 0 aromatic heterocycles. The molecule has 0 saturated carbocycles. The van der Waals surface area contributed by atoms with E-state index in [-0.39, 0.29) is 56.2 Å². The first kappa shape index (κ1) is 65.8. The van der Waals surface area contributed by atoms with Crippen LogP contribution in [0.3, 0.4) is 0 Å². The lowest BCUT2D eigenvalue weighted by Crippen LogP contribution is -2.64. The Kier molecular flexibility index (Phi) is 27.0. The standard InChI is InChI=1S/C44H66N12O21S2/c1-19(57)51-28-18-79-78-17-27(37(45)66)55-41(70)29-9-7-11-56(29)42(71)26(15-73-43-36(76-23(5)61)35(75-22(4)60)34(74-21(3)59)30(77-43)16-72-20(2)58)54-40(69)25(12-33(64)65)53-32(63)14-49-38(67)24(8-6-10-48-44(46)47)52-31(62)13-50-39(28)68/h24-30,34-36,43H,6-18H2,1-5H3,(H2,45,66)(H,49,67)(H,50,68)(H,51,57)(H,52,62)(H,53,63)(H,54,69)(H,55,70)(H,64,65)(H4,46,47,48)/t24-,25-,26-,27-,28-,29-,30+,34+,35-,36+,43+/m0/s1. The summed E-state index contributed by atoms with van der Waals surface area (Å²) < 4.78 is 33.3. The molecule has 11 atom stereocenters. The number of carboxylic acid groups (broad SMARTS) is 1. The van der Waals surface area contributed by atoms with Crippen molar-refractivity contribution in [2.24, 2.45) is 22.2 Å². The second-order valence-corrected chi connectivity index (χ2v) is 20.2. The van der Waals surface area contributed by atoms with Crippen LogP contribution in [0.1, 0.15) is 66.7 Å². The average Bonchev–Trinajstić information content (AvgIpc) is 3.87. The number of aliphatic carboxylic acids is 1. The molecule has 79 heavy (non-hydrogen) atoms. The van der Waals surface area contributed by atoms with Crippen LogP contribution in [0.5, 0.6) is 0 Å². The number of ether oxygens (including phenoxy) is 6. The fourth-order valence-electron chi connectivity index (χ4n) is 7.82. The van der Waals surface area contributed by atoms with E-state index in [2.05, 4.69) is 42.2 Å². The quantitative estimate of drug-likeness (QED) is 0.0171. The lowest BCUT2D eigenvalue weighted by atomic mass is 9.98. The maximum atomic E-state index is 14.8. The summed E-state index contributed by atoms with van der Waals surface area (Å²) in [4.78, 5) is 187. The summed E-state index contributed by atoms with van der Waals surface area (Å²) in [6.45, 7) is 1.48. The molecule has 3 aliphatic heterocycles. The zero-order chi connectivity index (χ0) is 59.1. The number of esters is 4. The summed E-state index contributed by atoms with van der Waals surface area (Å²) in [6, 6.07) is -9.49. The van der Waals surface area contributed by atoms with Crippen molar-refractivity contribution < 1.29 is 101 Å². The zero-order valence-corrected chi connectivity index (χ0v) is 45.2. The first-order valence-corrected chi connectivity index (χ1v) is 26.7. The van der Waals surface area contributed by atoms with Crippen LogP contribution in [0.15, 0.2) is 4.99 Å². The molecule has 0 bridgehead atoms. The number of hydrogen-bond donors (Lipinski definition) is 11. The summed E-state index contributed by atoms with van der Waals surface area (Å²) in [6.07, 6.45) is -9.78. The number of amides is 9. The molecule has 0 aliphatic carbocycles. The largest absolute Gasteiger partial charge is 0.481 e. The minimum absolute atomic E-state index is 0.0127. The monoisotopic (exact) mass is 1160 g/mol. The number of aliphatic imine (C=N–C) groups is 1. The molecule has 0 radical (unpaired) electrons. The number of fused-ring (bicyclic) bond motifs is 1. The second kappa shape index (κ2) is 32.4. The first-order chi connectivity index (χ1) is 37.2. The third-order valence-electron chi connectivity index (χ3n) is 11.2. The van der Waals surface area contributed by atoms with E-state index in [0.29, 0.717) is 0 Å². The normalized spacial score (nSPS) is 27.1. The zero-order valence-electron chi connectivity index (χ0n) is 43.6. The van der Waals surface area contributed by atoms with E-state index >= 15 is 0 Å². The van der Waals surface area contributed by atoms with Gasteiger partial charge in [-0.25, -0.2) is 0 Å². The molecule has 3 aliphatic rings. The summed E-state index contributed by atoms with van der Waals surface area (Å²) in [7, 11) is 1.92. The van der Waals surface area contributed by atoms with Crippen molar-refractivity contribution in [3.8, 4) is 0 Å². The predicted octanol–water partition coefficient (Wildman–Crippen LogP) is -6.84. The molecular weight excluding hydrogens is 1100 g/mol. The Labute approximate surface area is 458 Å². The Morgan fingerprint density at radius 1 is 0.709 bits per heavy atom. The van der Waals surface area contributed by atoms with Gasteiger partial charge in [-0.1, -0.05) is 21.6 Å². The number of nitrogens with two attached hydrogens (primary N) is 3. The molecule has 3 heterocycles. The number of carbonyl (C=O) groups excluding carboxylic acids is 13. The molecule has 0 spiro atoms. The lowest BCUT2D eigenvalue weighted by Gasteiger charge is -2.44. The van der Waals surface area contributed by atoms with Crippen LogP contribution in [0.25, 0.3) is 0 Å². The van der Waals surface area contributed by atoms with Crippen molar-refractivity contribution in [1.82, 2.24) is 42.1 Å². The van der Waals surface area contributed by atoms with Gasteiger partial charge in [0.25, 0.3) is 0 Å². The van der Waals surface area contributed by atoms with Gasteiger partial charge in [0.1, 0.15) is 49.0 Å². The number of hydrogen-bond acceptors (Lipinski definition) is 23. The van der Waals surface area contributed by atoms with Crippen LogP contribution < -0.4 is 54.4 Å². The predicted molar refractivity (Wildman–Crippen MR) is 270 cm³/mol. The number of nitrogens with zero attached hydrogens (tertiary/aromatic N) is 2. The van der Waals surface area contributed by atoms with Crippen LogP contribution >= 0.6 is 21.6 Å². The van der Waals surface area contributed by atoms with E-state index in [1.165, 1.54) is 0 Å². The number of nitrogens with one attached hydrogen (secondary N) is 7. The van der Waals surface area contributed by atoms with Crippen LogP contribution in [-0.4, -0.2) is 217 Å². The van der Waals surface area contributed by atoms with Gasteiger partial charge in [-0.2, -0.15) is 0 Å². The smallest absolute Gasteiger partial charge is 0.305 e. The van der Waals surface area contributed by atoms with Crippen molar-refractivity contribution in [3.63, 3.8) is 0 Å². The highest BCUT2D eigenvalue weighted by atomic mass is 33.1. The summed E-state index contributed by atoms with van der Waals surface area (Å²) in [5.41, 5.74) is 16.4. The Morgan fingerprint density at radius 3 is 1.89 bits per heavy atom. The molecule has 35 heteroatoms. The highest BCUT2D eigenvalue weighted by Gasteiger charge is 2.53. The molecule has 0 unspecified atom stereocenters.